The number of rotatable bonds is 6. The number of ketones is 1. The number of carbonyl (C=O) groups is 2. The average molecular weight is 394 g/mol. The lowest BCUT2D eigenvalue weighted by molar-refractivity contribution is -0.158. The maximum Gasteiger partial charge on any atom is 0.313 e. The van der Waals surface area contributed by atoms with Gasteiger partial charge in [0.25, 0.3) is 0 Å². The first-order chi connectivity index (χ1) is 13.6. The fourth-order valence-electron chi connectivity index (χ4n) is 3.97. The maximum atomic E-state index is 13.1. The van der Waals surface area contributed by atoms with Crippen molar-refractivity contribution in [3.63, 3.8) is 0 Å². The van der Waals surface area contributed by atoms with Gasteiger partial charge in [0.15, 0.2) is 6.10 Å². The predicted molar refractivity (Wildman–Crippen MR) is 111 cm³/mol. The van der Waals surface area contributed by atoms with Crippen LogP contribution in [0.15, 0.2) is 54.6 Å². The Bertz CT molecular complexity index is 956. The highest BCUT2D eigenvalue weighted by Gasteiger charge is 2.44. The first-order valence-corrected chi connectivity index (χ1v) is 10.5. The molecule has 0 N–H and O–H groups in total. The molecule has 5 heteroatoms. The van der Waals surface area contributed by atoms with Gasteiger partial charge in [-0.25, -0.2) is 4.98 Å². The minimum absolute atomic E-state index is 0.165. The monoisotopic (exact) mass is 393 g/mol. The molecule has 1 aliphatic carbocycles. The number of fused-ring (bicyclic) bond motifs is 1. The second-order valence-corrected chi connectivity index (χ2v) is 8.63. The highest BCUT2D eigenvalue weighted by Crippen LogP contribution is 2.43. The normalized spacial score (nSPS) is 16.8. The molecule has 4 nitrogen and oxygen atoms in total. The Kier molecular flexibility index (Phi) is 5.27. The zero-order valence-corrected chi connectivity index (χ0v) is 16.7. The van der Waals surface area contributed by atoms with E-state index >= 15 is 0 Å². The molecular weight excluding hydrogens is 370 g/mol. The molecule has 144 valence electrons. The average Bonchev–Trinajstić information content (AvgIpc) is 3.35. The van der Waals surface area contributed by atoms with E-state index < -0.39 is 11.5 Å². The summed E-state index contributed by atoms with van der Waals surface area (Å²) in [6.45, 7) is 1.66. The van der Waals surface area contributed by atoms with E-state index in [0.29, 0.717) is 12.0 Å². The van der Waals surface area contributed by atoms with Crippen LogP contribution < -0.4 is 0 Å². The van der Waals surface area contributed by atoms with E-state index in [9.17, 15) is 9.59 Å². The Hall–Kier alpha value is -2.53. The van der Waals surface area contributed by atoms with Crippen molar-refractivity contribution in [1.29, 1.82) is 0 Å². The zero-order valence-electron chi connectivity index (χ0n) is 15.9. The Morgan fingerprint density at radius 2 is 1.75 bits per heavy atom. The highest BCUT2D eigenvalue weighted by molar-refractivity contribution is 7.18. The lowest BCUT2D eigenvalue weighted by Gasteiger charge is -2.27. The number of thiazole rings is 1. The number of ether oxygens (including phenoxy) is 1. The Labute approximate surface area is 168 Å². The number of carbonyl (C=O) groups excluding carboxylic acids is 2. The molecule has 0 bridgehead atoms. The lowest BCUT2D eigenvalue weighted by atomic mass is 9.83. The molecule has 28 heavy (non-hydrogen) atoms. The zero-order chi connectivity index (χ0) is 19.6. The topological polar surface area (TPSA) is 56.3 Å². The minimum atomic E-state index is -0.789. The fourth-order valence-corrected chi connectivity index (χ4v) is 5.08. The molecule has 1 unspecified atom stereocenters. The SMILES string of the molecule is CC(OC(=O)C1(Cc2nc3ccccc3s2)CCCC1)C(=O)c1ccccc1. The van der Waals surface area contributed by atoms with Crippen molar-refractivity contribution < 1.29 is 14.3 Å². The van der Waals surface area contributed by atoms with E-state index in [1.54, 1.807) is 30.4 Å². The summed E-state index contributed by atoms with van der Waals surface area (Å²) in [5.41, 5.74) is 0.963. The summed E-state index contributed by atoms with van der Waals surface area (Å²) in [6.07, 6.45) is 3.37. The van der Waals surface area contributed by atoms with Crippen molar-refractivity contribution >= 4 is 33.3 Å². The molecule has 1 fully saturated rings. The number of aromatic nitrogens is 1. The second-order valence-electron chi connectivity index (χ2n) is 7.52. The number of nitrogens with zero attached hydrogens (tertiary/aromatic N) is 1. The van der Waals surface area contributed by atoms with E-state index in [-0.39, 0.29) is 11.8 Å². The van der Waals surface area contributed by atoms with Crippen LogP contribution in [0.25, 0.3) is 10.2 Å². The van der Waals surface area contributed by atoms with Crippen LogP contribution in [-0.4, -0.2) is 22.8 Å². The van der Waals surface area contributed by atoms with Gasteiger partial charge in [0, 0.05) is 12.0 Å². The first-order valence-electron chi connectivity index (χ1n) is 9.72. The van der Waals surface area contributed by atoms with Crippen molar-refractivity contribution in [3.05, 3.63) is 65.2 Å². The highest BCUT2D eigenvalue weighted by atomic mass is 32.1. The predicted octanol–water partition coefficient (Wildman–Crippen LogP) is 5.21. The summed E-state index contributed by atoms with van der Waals surface area (Å²) in [7, 11) is 0. The molecule has 1 atom stereocenters. The van der Waals surface area contributed by atoms with Gasteiger partial charge in [-0.1, -0.05) is 55.3 Å². The van der Waals surface area contributed by atoms with Gasteiger partial charge in [0.05, 0.1) is 20.6 Å². The third kappa shape index (κ3) is 3.72. The molecule has 4 rings (SSSR count). The van der Waals surface area contributed by atoms with Crippen LogP contribution >= 0.6 is 11.3 Å². The van der Waals surface area contributed by atoms with Crippen molar-refractivity contribution in [2.24, 2.45) is 5.41 Å². The summed E-state index contributed by atoms with van der Waals surface area (Å²) in [6, 6.07) is 17.0. The van der Waals surface area contributed by atoms with Crippen molar-refractivity contribution in [1.82, 2.24) is 4.98 Å². The maximum absolute atomic E-state index is 13.1. The van der Waals surface area contributed by atoms with Crippen LogP contribution in [0.2, 0.25) is 0 Å². The number of esters is 1. The van der Waals surface area contributed by atoms with Crippen LogP contribution in [0.3, 0.4) is 0 Å². The molecule has 1 aromatic heterocycles. The fraction of sp³-hybridized carbons (Fsp3) is 0.348. The van der Waals surface area contributed by atoms with E-state index in [2.05, 4.69) is 6.07 Å². The molecule has 1 saturated carbocycles. The third-order valence-corrected chi connectivity index (χ3v) is 6.57. The minimum Gasteiger partial charge on any atom is -0.454 e. The van der Waals surface area contributed by atoms with Gasteiger partial charge >= 0.3 is 5.97 Å². The van der Waals surface area contributed by atoms with E-state index in [0.717, 1.165) is 40.9 Å². The lowest BCUT2D eigenvalue weighted by Crippen LogP contribution is -2.36. The molecule has 0 spiro atoms. The first kappa shape index (κ1) is 18.8. The van der Waals surface area contributed by atoms with Crippen LogP contribution in [0.5, 0.6) is 0 Å². The summed E-state index contributed by atoms with van der Waals surface area (Å²) in [5, 5.41) is 0.960. The molecule has 0 saturated heterocycles. The van der Waals surface area contributed by atoms with Crippen LogP contribution in [-0.2, 0) is 16.0 Å². The van der Waals surface area contributed by atoms with E-state index in [1.807, 2.05) is 36.4 Å². The summed E-state index contributed by atoms with van der Waals surface area (Å²) in [5.74, 6) is -0.428. The summed E-state index contributed by atoms with van der Waals surface area (Å²) >= 11 is 1.64. The van der Waals surface area contributed by atoms with Gasteiger partial charge in [-0.05, 0) is 31.9 Å². The van der Waals surface area contributed by atoms with Gasteiger partial charge < -0.3 is 4.74 Å². The van der Waals surface area contributed by atoms with E-state index in [1.165, 1.54) is 0 Å². The Morgan fingerprint density at radius 3 is 2.46 bits per heavy atom. The number of hydrogen-bond donors (Lipinski definition) is 0. The van der Waals surface area contributed by atoms with Gasteiger partial charge in [-0.2, -0.15) is 0 Å². The standard InChI is InChI=1S/C23H23NO3S/c1-16(21(25)17-9-3-2-4-10-17)27-22(26)23(13-7-8-14-23)15-20-24-18-11-5-6-12-19(18)28-20/h2-6,9-12,16H,7-8,13-15H2,1H3. The number of benzene rings is 2. The molecule has 0 amide bonds. The van der Waals surface area contributed by atoms with E-state index in [4.69, 9.17) is 9.72 Å². The Morgan fingerprint density at radius 1 is 1.07 bits per heavy atom. The van der Waals surface area contributed by atoms with Gasteiger partial charge in [-0.15, -0.1) is 11.3 Å². The third-order valence-electron chi connectivity index (χ3n) is 5.53. The number of hydrogen-bond acceptors (Lipinski definition) is 5. The molecule has 0 aliphatic heterocycles. The smallest absolute Gasteiger partial charge is 0.313 e. The van der Waals surface area contributed by atoms with Crippen molar-refractivity contribution in [2.45, 2.75) is 45.1 Å². The number of Topliss-reactive ketones (excluding diaryl/α,β-unsaturated/α-hetero) is 1. The molecule has 0 radical (unpaired) electrons. The quantitative estimate of drug-likeness (QED) is 0.426. The van der Waals surface area contributed by atoms with Crippen LogP contribution in [0, 0.1) is 5.41 Å². The van der Waals surface area contributed by atoms with Gasteiger partial charge in [-0.3, -0.25) is 9.59 Å². The van der Waals surface area contributed by atoms with Crippen molar-refractivity contribution in [3.8, 4) is 0 Å². The molecule has 3 aromatic rings. The van der Waals surface area contributed by atoms with Gasteiger partial charge in [0.2, 0.25) is 5.78 Å². The molecule has 1 aliphatic rings. The Balaban J connectivity index is 1.51. The summed E-state index contributed by atoms with van der Waals surface area (Å²) in [4.78, 5) is 30.4. The van der Waals surface area contributed by atoms with Crippen LogP contribution in [0.4, 0.5) is 0 Å². The van der Waals surface area contributed by atoms with Crippen LogP contribution in [0.1, 0.15) is 48.0 Å². The second kappa shape index (κ2) is 7.84. The van der Waals surface area contributed by atoms with Crippen molar-refractivity contribution in [2.75, 3.05) is 0 Å². The van der Waals surface area contributed by atoms with Gasteiger partial charge in [0.1, 0.15) is 0 Å². The molecule has 2 aromatic carbocycles. The molecule has 1 heterocycles. The number of para-hydroxylation sites is 1. The molecular formula is C23H23NO3S. The summed E-state index contributed by atoms with van der Waals surface area (Å²) < 4.78 is 6.82. The largest absolute Gasteiger partial charge is 0.454 e.